The zero-order chi connectivity index (χ0) is 11.1. The fourth-order valence-corrected chi connectivity index (χ4v) is 3.00. The van der Waals surface area contributed by atoms with Crippen LogP contribution < -0.4 is 10.1 Å². The molecule has 0 amide bonds. The molecule has 1 N–H and O–H groups in total. The van der Waals surface area contributed by atoms with Gasteiger partial charge in [0.15, 0.2) is 5.06 Å². The third kappa shape index (κ3) is 4.53. The van der Waals surface area contributed by atoms with Crippen LogP contribution >= 0.6 is 27.3 Å². The Hall–Kier alpha value is -0.0600. The van der Waals surface area contributed by atoms with E-state index in [4.69, 9.17) is 4.74 Å². The third-order valence-corrected chi connectivity index (χ3v) is 4.10. The Morgan fingerprint density at radius 3 is 2.87 bits per heavy atom. The largest absolute Gasteiger partial charge is 0.486 e. The molecule has 1 aromatic heterocycles. The van der Waals surface area contributed by atoms with Crippen molar-refractivity contribution in [2.75, 3.05) is 13.7 Å². The zero-order valence-corrected chi connectivity index (χ0v) is 11.7. The van der Waals surface area contributed by atoms with Crippen molar-refractivity contribution >= 4 is 27.3 Å². The second-order valence-electron chi connectivity index (χ2n) is 3.44. The van der Waals surface area contributed by atoms with Gasteiger partial charge in [0.25, 0.3) is 0 Å². The number of ether oxygens (including phenoxy) is 1. The number of rotatable bonds is 7. The first-order valence-electron chi connectivity index (χ1n) is 5.30. The van der Waals surface area contributed by atoms with E-state index in [0.717, 1.165) is 22.6 Å². The monoisotopic (exact) mass is 291 g/mol. The van der Waals surface area contributed by atoms with E-state index in [1.807, 2.05) is 0 Å². The van der Waals surface area contributed by atoms with Gasteiger partial charge in [0.1, 0.15) is 0 Å². The lowest BCUT2D eigenvalue weighted by Crippen LogP contribution is -2.13. The van der Waals surface area contributed by atoms with Crippen molar-refractivity contribution < 1.29 is 4.74 Å². The van der Waals surface area contributed by atoms with Crippen LogP contribution in [0.15, 0.2) is 10.5 Å². The van der Waals surface area contributed by atoms with Gasteiger partial charge in [0.2, 0.25) is 0 Å². The highest BCUT2D eigenvalue weighted by Crippen LogP contribution is 2.34. The molecule has 0 radical (unpaired) electrons. The Kier molecular flexibility index (Phi) is 6.29. The van der Waals surface area contributed by atoms with Gasteiger partial charge in [-0.15, -0.1) is 11.3 Å². The number of methoxy groups -OCH3 is 1. The van der Waals surface area contributed by atoms with Gasteiger partial charge in [-0.3, -0.25) is 0 Å². The number of hydrogen-bond donors (Lipinski definition) is 1. The summed E-state index contributed by atoms with van der Waals surface area (Å²) in [5, 5.41) is 4.39. The summed E-state index contributed by atoms with van der Waals surface area (Å²) in [6.07, 6.45) is 3.85. The van der Waals surface area contributed by atoms with Gasteiger partial charge in [-0.05, 0) is 35.0 Å². The molecular weight excluding hydrogens is 274 g/mol. The highest BCUT2D eigenvalue weighted by atomic mass is 79.9. The summed E-state index contributed by atoms with van der Waals surface area (Å²) < 4.78 is 6.27. The molecule has 2 nitrogen and oxygen atoms in total. The van der Waals surface area contributed by atoms with Crippen LogP contribution in [-0.2, 0) is 6.54 Å². The first kappa shape index (κ1) is 13.0. The highest BCUT2D eigenvalue weighted by molar-refractivity contribution is 9.10. The van der Waals surface area contributed by atoms with Crippen LogP contribution in [0.5, 0.6) is 5.06 Å². The molecule has 86 valence electrons. The lowest BCUT2D eigenvalue weighted by atomic mass is 10.2. The third-order valence-electron chi connectivity index (χ3n) is 2.15. The van der Waals surface area contributed by atoms with Crippen molar-refractivity contribution in [3.63, 3.8) is 0 Å². The summed E-state index contributed by atoms with van der Waals surface area (Å²) in [5.41, 5.74) is 0. The molecule has 0 saturated heterocycles. The summed E-state index contributed by atoms with van der Waals surface area (Å²) in [7, 11) is 1.70. The fraction of sp³-hybridized carbons (Fsp3) is 0.636. The minimum Gasteiger partial charge on any atom is -0.486 e. The average molecular weight is 292 g/mol. The summed E-state index contributed by atoms with van der Waals surface area (Å²) >= 11 is 5.16. The maximum absolute atomic E-state index is 5.21. The number of halogens is 1. The van der Waals surface area contributed by atoms with Gasteiger partial charge >= 0.3 is 0 Å². The molecule has 4 heteroatoms. The van der Waals surface area contributed by atoms with Gasteiger partial charge < -0.3 is 10.1 Å². The lowest BCUT2D eigenvalue weighted by molar-refractivity contribution is 0.425. The van der Waals surface area contributed by atoms with E-state index in [0.29, 0.717) is 0 Å². The predicted molar refractivity (Wildman–Crippen MR) is 69.8 cm³/mol. The Labute approximate surface area is 104 Å². The van der Waals surface area contributed by atoms with E-state index < -0.39 is 0 Å². The first-order chi connectivity index (χ1) is 7.27. The number of nitrogens with one attached hydrogen (secondary N) is 1. The van der Waals surface area contributed by atoms with Crippen molar-refractivity contribution in [3.8, 4) is 5.06 Å². The van der Waals surface area contributed by atoms with E-state index in [-0.39, 0.29) is 0 Å². The van der Waals surface area contributed by atoms with Crippen LogP contribution in [0.25, 0.3) is 0 Å². The first-order valence-corrected chi connectivity index (χ1v) is 6.91. The van der Waals surface area contributed by atoms with Gasteiger partial charge in [-0.2, -0.15) is 0 Å². The van der Waals surface area contributed by atoms with E-state index >= 15 is 0 Å². The van der Waals surface area contributed by atoms with Gasteiger partial charge in [0.05, 0.1) is 11.6 Å². The van der Waals surface area contributed by atoms with Crippen molar-refractivity contribution in [1.82, 2.24) is 5.32 Å². The van der Waals surface area contributed by atoms with E-state index in [1.165, 1.54) is 24.1 Å². The SMILES string of the molecule is CCCCCNCc1cc(Br)c(OC)s1. The van der Waals surface area contributed by atoms with Crippen molar-refractivity contribution in [1.29, 1.82) is 0 Å². The second kappa shape index (κ2) is 7.25. The van der Waals surface area contributed by atoms with Crippen molar-refractivity contribution in [2.24, 2.45) is 0 Å². The quantitative estimate of drug-likeness (QED) is 0.772. The number of hydrogen-bond acceptors (Lipinski definition) is 3. The molecule has 1 rings (SSSR count). The molecule has 0 unspecified atom stereocenters. The predicted octanol–water partition coefficient (Wildman–Crippen LogP) is 3.80. The summed E-state index contributed by atoms with van der Waals surface area (Å²) in [6, 6.07) is 2.12. The zero-order valence-electron chi connectivity index (χ0n) is 9.31. The standard InChI is InChI=1S/C11H18BrNOS/c1-3-4-5-6-13-8-9-7-10(12)11(14-2)15-9/h7,13H,3-6,8H2,1-2H3. The molecule has 0 aliphatic rings. The van der Waals surface area contributed by atoms with Crippen molar-refractivity contribution in [2.45, 2.75) is 32.7 Å². The molecule has 0 fully saturated rings. The van der Waals surface area contributed by atoms with Crippen LogP contribution in [0.4, 0.5) is 0 Å². The maximum Gasteiger partial charge on any atom is 0.188 e. The minimum absolute atomic E-state index is 0.941. The normalized spacial score (nSPS) is 10.6. The Morgan fingerprint density at radius 1 is 1.47 bits per heavy atom. The fourth-order valence-electron chi connectivity index (χ4n) is 1.34. The molecule has 0 aromatic carbocycles. The van der Waals surface area contributed by atoms with Crippen LogP contribution in [0.2, 0.25) is 0 Å². The van der Waals surface area contributed by atoms with Crippen LogP contribution in [0, 0.1) is 0 Å². The molecule has 0 spiro atoms. The summed E-state index contributed by atoms with van der Waals surface area (Å²) in [4.78, 5) is 1.32. The molecule has 0 saturated carbocycles. The van der Waals surface area contributed by atoms with Crippen LogP contribution in [0.1, 0.15) is 31.1 Å². The molecule has 1 heterocycles. The Morgan fingerprint density at radius 2 is 2.27 bits per heavy atom. The van der Waals surface area contributed by atoms with E-state index in [1.54, 1.807) is 18.4 Å². The van der Waals surface area contributed by atoms with Gasteiger partial charge in [0, 0.05) is 11.4 Å². The molecule has 15 heavy (non-hydrogen) atoms. The Balaban J connectivity index is 2.25. The van der Waals surface area contributed by atoms with Gasteiger partial charge in [-0.25, -0.2) is 0 Å². The second-order valence-corrected chi connectivity index (χ2v) is 5.39. The maximum atomic E-state index is 5.21. The highest BCUT2D eigenvalue weighted by Gasteiger charge is 2.05. The minimum atomic E-state index is 0.941. The Bertz CT molecular complexity index is 288. The van der Waals surface area contributed by atoms with Gasteiger partial charge in [-0.1, -0.05) is 19.8 Å². The summed E-state index contributed by atoms with van der Waals surface area (Å²) in [5.74, 6) is 0. The summed E-state index contributed by atoms with van der Waals surface area (Å²) in [6.45, 7) is 4.27. The molecule has 1 aromatic rings. The molecule has 0 bridgehead atoms. The topological polar surface area (TPSA) is 21.3 Å². The number of thiophene rings is 1. The van der Waals surface area contributed by atoms with E-state index in [2.05, 4.69) is 34.2 Å². The van der Waals surface area contributed by atoms with E-state index in [9.17, 15) is 0 Å². The molecule has 0 atom stereocenters. The smallest absolute Gasteiger partial charge is 0.188 e. The molecule has 0 aliphatic carbocycles. The average Bonchev–Trinajstić information content (AvgIpc) is 2.59. The van der Waals surface area contributed by atoms with Crippen LogP contribution in [0.3, 0.4) is 0 Å². The molecule has 0 aliphatic heterocycles. The molecular formula is C11H18BrNOS. The number of unbranched alkanes of at least 4 members (excludes halogenated alkanes) is 2. The van der Waals surface area contributed by atoms with Crippen molar-refractivity contribution in [3.05, 3.63) is 15.4 Å². The lowest BCUT2D eigenvalue weighted by Gasteiger charge is -2.01. The van der Waals surface area contributed by atoms with Crippen LogP contribution in [-0.4, -0.2) is 13.7 Å².